The monoisotopic (exact) mass is 373 g/mol. The van der Waals surface area contributed by atoms with Crippen LogP contribution in [0.15, 0.2) is 33.7 Å². The van der Waals surface area contributed by atoms with Crippen LogP contribution in [0.2, 0.25) is 0 Å². The minimum absolute atomic E-state index is 0.168. The second-order valence-electron chi connectivity index (χ2n) is 5.82. The molecule has 0 N–H and O–H groups in total. The van der Waals surface area contributed by atoms with Crippen molar-refractivity contribution in [3.05, 3.63) is 46.1 Å². The Balaban J connectivity index is 1.89. The Morgan fingerprint density at radius 2 is 2.16 bits per heavy atom. The molecule has 9 heteroatoms. The van der Waals surface area contributed by atoms with Gasteiger partial charge in [-0.15, -0.1) is 11.3 Å². The highest BCUT2D eigenvalue weighted by atomic mass is 32.2. The summed E-state index contributed by atoms with van der Waals surface area (Å²) in [6.07, 6.45) is 5.01. The first kappa shape index (κ1) is 16.1. The smallest absolute Gasteiger partial charge is 0.291 e. The zero-order chi connectivity index (χ0) is 17.7. The molecule has 128 valence electrons. The maximum atomic E-state index is 12.9. The van der Waals surface area contributed by atoms with E-state index < -0.39 is 10.8 Å². The average Bonchev–Trinajstić information content (AvgIpc) is 3.10. The summed E-state index contributed by atoms with van der Waals surface area (Å²) in [5.41, 5.74) is 2.93. The van der Waals surface area contributed by atoms with Crippen LogP contribution in [0.4, 0.5) is 0 Å². The average molecular weight is 373 g/mol. The van der Waals surface area contributed by atoms with E-state index in [0.717, 1.165) is 21.3 Å². The summed E-state index contributed by atoms with van der Waals surface area (Å²) in [5, 5.41) is 5.07. The third-order valence-corrected chi connectivity index (χ3v) is 6.45. The first-order chi connectivity index (χ1) is 12.0. The standard InChI is InChI=1S/C16H15N5O2S2/c1-9-6-10(4-5-17-9)8-21-15(22)12-11(7-18-21)13-14(20(12)2)19-16(24-13)25(3)23/h4-7H,8H2,1-3H3. The summed E-state index contributed by atoms with van der Waals surface area (Å²) >= 11 is 1.35. The van der Waals surface area contributed by atoms with Gasteiger partial charge in [0.15, 0.2) is 9.99 Å². The highest BCUT2D eigenvalue weighted by Gasteiger charge is 2.19. The van der Waals surface area contributed by atoms with Crippen molar-refractivity contribution < 1.29 is 4.21 Å². The van der Waals surface area contributed by atoms with Gasteiger partial charge in [0.25, 0.3) is 5.56 Å². The van der Waals surface area contributed by atoms with Crippen molar-refractivity contribution in [2.45, 2.75) is 17.8 Å². The number of pyridine rings is 1. The minimum Gasteiger partial charge on any atom is -0.323 e. The van der Waals surface area contributed by atoms with E-state index in [1.807, 2.05) is 19.1 Å². The van der Waals surface area contributed by atoms with Gasteiger partial charge in [0.05, 0.1) is 28.2 Å². The number of nitrogens with zero attached hydrogens (tertiary/aromatic N) is 5. The highest BCUT2D eigenvalue weighted by Crippen LogP contribution is 2.31. The summed E-state index contributed by atoms with van der Waals surface area (Å²) in [6, 6.07) is 3.81. The van der Waals surface area contributed by atoms with Crippen LogP contribution in [-0.2, 0) is 24.4 Å². The Labute approximate surface area is 149 Å². The fraction of sp³-hybridized carbons (Fsp3) is 0.250. The Morgan fingerprint density at radius 3 is 2.88 bits per heavy atom. The molecule has 4 rings (SSSR count). The molecule has 1 unspecified atom stereocenters. The maximum absolute atomic E-state index is 12.9. The number of hydrogen-bond acceptors (Lipinski definition) is 6. The van der Waals surface area contributed by atoms with Crippen LogP contribution in [0.25, 0.3) is 21.3 Å². The molecule has 25 heavy (non-hydrogen) atoms. The Morgan fingerprint density at radius 1 is 1.36 bits per heavy atom. The molecule has 0 radical (unpaired) electrons. The Bertz CT molecular complexity index is 1200. The predicted octanol–water partition coefficient (Wildman–Crippen LogP) is 1.83. The molecule has 0 aliphatic rings. The van der Waals surface area contributed by atoms with Gasteiger partial charge in [0.2, 0.25) is 0 Å². The number of fused-ring (bicyclic) bond motifs is 3. The summed E-state index contributed by atoms with van der Waals surface area (Å²) in [5.74, 6) is 0. The summed E-state index contributed by atoms with van der Waals surface area (Å²) in [6.45, 7) is 2.30. The molecule has 0 amide bonds. The van der Waals surface area contributed by atoms with E-state index in [1.165, 1.54) is 16.0 Å². The van der Waals surface area contributed by atoms with Crippen molar-refractivity contribution >= 4 is 43.4 Å². The van der Waals surface area contributed by atoms with Gasteiger partial charge < -0.3 is 4.57 Å². The molecule has 7 nitrogen and oxygen atoms in total. The van der Waals surface area contributed by atoms with E-state index in [9.17, 15) is 9.00 Å². The van der Waals surface area contributed by atoms with Gasteiger partial charge in [0.1, 0.15) is 5.52 Å². The fourth-order valence-electron chi connectivity index (χ4n) is 2.88. The molecule has 1 atom stereocenters. The maximum Gasteiger partial charge on any atom is 0.291 e. The zero-order valence-corrected chi connectivity index (χ0v) is 15.5. The molecule has 0 fully saturated rings. The van der Waals surface area contributed by atoms with Gasteiger partial charge in [0, 0.05) is 30.6 Å². The lowest BCUT2D eigenvalue weighted by molar-refractivity contribution is 0.643. The van der Waals surface area contributed by atoms with Crippen molar-refractivity contribution in [2.75, 3.05) is 6.26 Å². The third-order valence-electron chi connectivity index (χ3n) is 4.05. The summed E-state index contributed by atoms with van der Waals surface area (Å²) in [4.78, 5) is 21.5. The van der Waals surface area contributed by atoms with Gasteiger partial charge >= 0.3 is 0 Å². The highest BCUT2D eigenvalue weighted by molar-refractivity contribution is 7.86. The molecule has 0 aliphatic heterocycles. The topological polar surface area (TPSA) is 82.7 Å². The molecule has 0 aromatic carbocycles. The second kappa shape index (κ2) is 5.85. The van der Waals surface area contributed by atoms with Crippen LogP contribution in [-0.4, -0.2) is 34.8 Å². The second-order valence-corrected chi connectivity index (χ2v) is 8.37. The normalized spacial score (nSPS) is 12.9. The van der Waals surface area contributed by atoms with Crippen LogP contribution in [0.3, 0.4) is 0 Å². The first-order valence-corrected chi connectivity index (χ1v) is 9.93. The molecule has 0 spiro atoms. The Hall–Kier alpha value is -2.39. The number of hydrogen-bond donors (Lipinski definition) is 0. The van der Waals surface area contributed by atoms with Crippen molar-refractivity contribution in [2.24, 2.45) is 7.05 Å². The predicted molar refractivity (Wildman–Crippen MR) is 98.6 cm³/mol. The van der Waals surface area contributed by atoms with E-state index in [4.69, 9.17) is 0 Å². The number of rotatable bonds is 3. The molecule has 4 aromatic rings. The van der Waals surface area contributed by atoms with Crippen LogP contribution in [0.5, 0.6) is 0 Å². The number of thiazole rings is 1. The van der Waals surface area contributed by atoms with E-state index >= 15 is 0 Å². The summed E-state index contributed by atoms with van der Waals surface area (Å²) < 4.78 is 16.3. The minimum atomic E-state index is -1.15. The van der Waals surface area contributed by atoms with Gasteiger partial charge in [-0.1, -0.05) is 0 Å². The Kier molecular flexibility index (Phi) is 3.77. The largest absolute Gasteiger partial charge is 0.323 e. The first-order valence-electron chi connectivity index (χ1n) is 7.55. The third kappa shape index (κ3) is 2.59. The molecule has 0 bridgehead atoms. The molecule has 4 aromatic heterocycles. The van der Waals surface area contributed by atoms with Crippen LogP contribution < -0.4 is 5.56 Å². The molecular weight excluding hydrogens is 358 g/mol. The lowest BCUT2D eigenvalue weighted by Crippen LogP contribution is -2.24. The van der Waals surface area contributed by atoms with Crippen molar-refractivity contribution in [3.8, 4) is 0 Å². The lowest BCUT2D eigenvalue weighted by Gasteiger charge is -2.06. The van der Waals surface area contributed by atoms with E-state index in [0.29, 0.717) is 22.0 Å². The SMILES string of the molecule is Cc1cc(Cn2ncc3c4sc(S(C)=O)nc4n(C)c3c2=O)ccn1. The zero-order valence-electron chi connectivity index (χ0n) is 13.9. The number of aryl methyl sites for hydroxylation is 2. The quantitative estimate of drug-likeness (QED) is 0.547. The summed E-state index contributed by atoms with van der Waals surface area (Å²) in [7, 11) is 0.655. The molecular formula is C16H15N5O2S2. The molecule has 0 aliphatic carbocycles. The van der Waals surface area contributed by atoms with Gasteiger partial charge in [-0.2, -0.15) is 5.10 Å². The van der Waals surface area contributed by atoms with Crippen LogP contribution in [0, 0.1) is 6.92 Å². The molecule has 0 saturated heterocycles. The van der Waals surface area contributed by atoms with Crippen molar-refractivity contribution in [1.29, 1.82) is 0 Å². The van der Waals surface area contributed by atoms with E-state index in [2.05, 4.69) is 15.1 Å². The molecule has 0 saturated carbocycles. The van der Waals surface area contributed by atoms with Gasteiger partial charge in [-0.3, -0.25) is 14.0 Å². The van der Waals surface area contributed by atoms with Crippen molar-refractivity contribution in [1.82, 2.24) is 24.3 Å². The van der Waals surface area contributed by atoms with Crippen LogP contribution in [0.1, 0.15) is 11.3 Å². The van der Waals surface area contributed by atoms with E-state index in [-0.39, 0.29) is 5.56 Å². The lowest BCUT2D eigenvalue weighted by atomic mass is 10.2. The number of aromatic nitrogens is 5. The fourth-order valence-corrected chi connectivity index (χ4v) is 4.66. The van der Waals surface area contributed by atoms with E-state index in [1.54, 1.807) is 30.3 Å². The van der Waals surface area contributed by atoms with Crippen molar-refractivity contribution in [3.63, 3.8) is 0 Å². The molecule has 4 heterocycles. The van der Waals surface area contributed by atoms with Gasteiger partial charge in [-0.05, 0) is 24.6 Å². The van der Waals surface area contributed by atoms with Gasteiger partial charge in [-0.25, -0.2) is 9.67 Å². The van der Waals surface area contributed by atoms with Crippen LogP contribution >= 0.6 is 11.3 Å².